The van der Waals surface area contributed by atoms with E-state index in [1.54, 1.807) is 7.11 Å². The molecule has 0 spiro atoms. The lowest BCUT2D eigenvalue weighted by atomic mass is 10.0. The molecule has 0 aliphatic carbocycles. The zero-order valence-corrected chi connectivity index (χ0v) is 12.6. The summed E-state index contributed by atoms with van der Waals surface area (Å²) in [6.07, 6.45) is 6.95. The molecule has 0 saturated carbocycles. The third-order valence-electron chi connectivity index (χ3n) is 4.25. The molecule has 1 heterocycles. The van der Waals surface area contributed by atoms with Crippen LogP contribution in [0.25, 0.3) is 0 Å². The van der Waals surface area contributed by atoms with Crippen molar-refractivity contribution >= 4 is 0 Å². The minimum atomic E-state index is 0.324. The molecule has 2 rings (SSSR count). The van der Waals surface area contributed by atoms with Gasteiger partial charge in [0.15, 0.2) is 0 Å². The van der Waals surface area contributed by atoms with Crippen molar-refractivity contribution in [1.29, 1.82) is 0 Å². The van der Waals surface area contributed by atoms with E-state index in [-0.39, 0.29) is 0 Å². The SMILES string of the molecule is COc1ccccc1CC1CCCN1CCCCCO. The second-order valence-electron chi connectivity index (χ2n) is 5.63. The number of aliphatic hydroxyl groups excluding tert-OH is 1. The van der Waals surface area contributed by atoms with Crippen LogP contribution in [0.2, 0.25) is 0 Å². The van der Waals surface area contributed by atoms with Crippen molar-refractivity contribution < 1.29 is 9.84 Å². The van der Waals surface area contributed by atoms with Crippen LogP contribution < -0.4 is 4.74 Å². The van der Waals surface area contributed by atoms with E-state index in [4.69, 9.17) is 9.84 Å². The van der Waals surface area contributed by atoms with Gasteiger partial charge in [-0.15, -0.1) is 0 Å². The molecule has 1 atom stereocenters. The summed E-state index contributed by atoms with van der Waals surface area (Å²) >= 11 is 0. The van der Waals surface area contributed by atoms with Crippen LogP contribution in [-0.4, -0.2) is 42.9 Å². The fraction of sp³-hybridized carbons (Fsp3) is 0.647. The molecule has 1 unspecified atom stereocenters. The third kappa shape index (κ3) is 4.22. The van der Waals surface area contributed by atoms with Gasteiger partial charge in [0.2, 0.25) is 0 Å². The van der Waals surface area contributed by atoms with Crippen LogP contribution in [-0.2, 0) is 6.42 Å². The number of rotatable bonds is 8. The molecule has 1 saturated heterocycles. The zero-order chi connectivity index (χ0) is 14.2. The van der Waals surface area contributed by atoms with E-state index < -0.39 is 0 Å². The van der Waals surface area contributed by atoms with Crippen LogP contribution >= 0.6 is 0 Å². The van der Waals surface area contributed by atoms with Crippen molar-refractivity contribution in [2.24, 2.45) is 0 Å². The van der Waals surface area contributed by atoms with Gasteiger partial charge < -0.3 is 14.7 Å². The van der Waals surface area contributed by atoms with Crippen molar-refractivity contribution in [3.8, 4) is 5.75 Å². The molecule has 1 aromatic carbocycles. The summed E-state index contributed by atoms with van der Waals surface area (Å²) in [6.45, 7) is 2.71. The Bertz CT molecular complexity index is 394. The van der Waals surface area contributed by atoms with Crippen molar-refractivity contribution in [2.45, 2.75) is 44.6 Å². The molecule has 20 heavy (non-hydrogen) atoms. The Kier molecular flexibility index (Phi) is 6.34. The van der Waals surface area contributed by atoms with Gasteiger partial charge in [-0.2, -0.15) is 0 Å². The van der Waals surface area contributed by atoms with Crippen LogP contribution in [0.15, 0.2) is 24.3 Å². The highest BCUT2D eigenvalue weighted by Crippen LogP contribution is 2.26. The Hall–Kier alpha value is -1.06. The number of unbranched alkanes of at least 4 members (excludes halogenated alkanes) is 2. The van der Waals surface area contributed by atoms with Gasteiger partial charge in [0, 0.05) is 12.6 Å². The van der Waals surface area contributed by atoms with Crippen LogP contribution in [0.1, 0.15) is 37.7 Å². The zero-order valence-electron chi connectivity index (χ0n) is 12.6. The van der Waals surface area contributed by atoms with E-state index in [0.717, 1.165) is 25.0 Å². The molecule has 3 nitrogen and oxygen atoms in total. The van der Waals surface area contributed by atoms with E-state index in [0.29, 0.717) is 12.6 Å². The monoisotopic (exact) mass is 277 g/mol. The fourth-order valence-corrected chi connectivity index (χ4v) is 3.15. The molecular formula is C17H27NO2. The summed E-state index contributed by atoms with van der Waals surface area (Å²) in [7, 11) is 1.75. The number of ether oxygens (including phenoxy) is 1. The van der Waals surface area contributed by atoms with Crippen molar-refractivity contribution in [3.05, 3.63) is 29.8 Å². The summed E-state index contributed by atoms with van der Waals surface area (Å²) in [5.41, 5.74) is 1.32. The Balaban J connectivity index is 1.87. The second-order valence-corrected chi connectivity index (χ2v) is 5.63. The Labute approximate surface area is 122 Å². The molecule has 0 radical (unpaired) electrons. The first-order chi connectivity index (χ1) is 9.85. The number of aliphatic hydroxyl groups is 1. The van der Waals surface area contributed by atoms with Gasteiger partial charge >= 0.3 is 0 Å². The Morgan fingerprint density at radius 2 is 2.10 bits per heavy atom. The minimum absolute atomic E-state index is 0.324. The maximum absolute atomic E-state index is 8.84. The lowest BCUT2D eigenvalue weighted by molar-refractivity contribution is 0.236. The maximum Gasteiger partial charge on any atom is 0.122 e. The maximum atomic E-state index is 8.84. The quantitative estimate of drug-likeness (QED) is 0.742. The van der Waals surface area contributed by atoms with E-state index in [1.807, 2.05) is 6.07 Å². The number of hydrogen-bond acceptors (Lipinski definition) is 3. The van der Waals surface area contributed by atoms with E-state index in [2.05, 4.69) is 23.1 Å². The summed E-state index contributed by atoms with van der Waals surface area (Å²) in [5, 5.41) is 8.84. The van der Waals surface area contributed by atoms with E-state index in [9.17, 15) is 0 Å². The van der Waals surface area contributed by atoms with Crippen LogP contribution in [0.4, 0.5) is 0 Å². The Morgan fingerprint density at radius 3 is 2.90 bits per heavy atom. The summed E-state index contributed by atoms with van der Waals surface area (Å²) < 4.78 is 5.46. The van der Waals surface area contributed by atoms with Gasteiger partial charge in [0.25, 0.3) is 0 Å². The molecular weight excluding hydrogens is 250 g/mol. The van der Waals surface area contributed by atoms with Gasteiger partial charge in [-0.1, -0.05) is 18.2 Å². The number of benzene rings is 1. The summed E-state index contributed by atoms with van der Waals surface area (Å²) in [4.78, 5) is 2.61. The van der Waals surface area contributed by atoms with Crippen LogP contribution in [0, 0.1) is 0 Å². The molecule has 1 aliphatic rings. The highest BCUT2D eigenvalue weighted by atomic mass is 16.5. The lowest BCUT2D eigenvalue weighted by Crippen LogP contribution is -2.32. The molecule has 0 amide bonds. The van der Waals surface area contributed by atoms with Crippen molar-refractivity contribution in [1.82, 2.24) is 4.90 Å². The highest BCUT2D eigenvalue weighted by Gasteiger charge is 2.24. The van der Waals surface area contributed by atoms with Gasteiger partial charge in [-0.25, -0.2) is 0 Å². The van der Waals surface area contributed by atoms with E-state index in [1.165, 1.54) is 37.9 Å². The fourth-order valence-electron chi connectivity index (χ4n) is 3.15. The standard InChI is InChI=1S/C17H27NO2/c1-20-17-10-4-3-8-15(17)14-16-9-7-12-18(16)11-5-2-6-13-19/h3-4,8,10,16,19H,2,5-7,9,11-14H2,1H3. The minimum Gasteiger partial charge on any atom is -0.496 e. The number of methoxy groups -OCH3 is 1. The van der Waals surface area contributed by atoms with Gasteiger partial charge in [0.05, 0.1) is 7.11 Å². The Morgan fingerprint density at radius 1 is 1.25 bits per heavy atom. The first kappa shape index (κ1) is 15.3. The van der Waals surface area contributed by atoms with Gasteiger partial charge in [0.1, 0.15) is 5.75 Å². The lowest BCUT2D eigenvalue weighted by Gasteiger charge is -2.25. The van der Waals surface area contributed by atoms with E-state index >= 15 is 0 Å². The topological polar surface area (TPSA) is 32.7 Å². The van der Waals surface area contributed by atoms with Gasteiger partial charge in [-0.3, -0.25) is 0 Å². The average Bonchev–Trinajstić information content (AvgIpc) is 2.91. The number of nitrogens with zero attached hydrogens (tertiary/aromatic N) is 1. The highest BCUT2D eigenvalue weighted by molar-refractivity contribution is 5.33. The average molecular weight is 277 g/mol. The molecule has 112 valence electrons. The predicted molar refractivity (Wildman–Crippen MR) is 82.2 cm³/mol. The summed E-state index contributed by atoms with van der Waals surface area (Å²) in [6, 6.07) is 9.01. The molecule has 3 heteroatoms. The largest absolute Gasteiger partial charge is 0.496 e. The van der Waals surface area contributed by atoms with Crippen molar-refractivity contribution in [3.63, 3.8) is 0 Å². The molecule has 1 aromatic rings. The van der Waals surface area contributed by atoms with Crippen LogP contribution in [0.5, 0.6) is 5.75 Å². The molecule has 1 N–H and O–H groups in total. The van der Waals surface area contributed by atoms with Crippen molar-refractivity contribution in [2.75, 3.05) is 26.8 Å². The molecule has 1 aliphatic heterocycles. The second kappa shape index (κ2) is 8.28. The first-order valence-corrected chi connectivity index (χ1v) is 7.82. The normalized spacial score (nSPS) is 19.4. The third-order valence-corrected chi connectivity index (χ3v) is 4.25. The van der Waals surface area contributed by atoms with Gasteiger partial charge in [-0.05, 0) is 63.2 Å². The summed E-state index contributed by atoms with van der Waals surface area (Å²) in [5.74, 6) is 1.01. The molecule has 0 aromatic heterocycles. The number of hydrogen-bond donors (Lipinski definition) is 1. The molecule has 1 fully saturated rings. The first-order valence-electron chi connectivity index (χ1n) is 7.82. The van der Waals surface area contributed by atoms with Crippen LogP contribution in [0.3, 0.4) is 0 Å². The number of para-hydroxylation sites is 1. The predicted octanol–water partition coefficient (Wildman–Crippen LogP) is 2.86. The molecule has 0 bridgehead atoms. The smallest absolute Gasteiger partial charge is 0.122 e. The number of likely N-dealkylation sites (tertiary alicyclic amines) is 1.